The average Bonchev–Trinajstić information content (AvgIpc) is 2.45. The molecular formula is C15H20N2O2. The first-order chi connectivity index (χ1) is 8.97. The van der Waals surface area contributed by atoms with Crippen LogP contribution in [0.2, 0.25) is 0 Å². The lowest BCUT2D eigenvalue weighted by Crippen LogP contribution is -2.35. The molecule has 4 heteroatoms. The highest BCUT2D eigenvalue weighted by atomic mass is 16.2. The molecule has 0 aliphatic carbocycles. The van der Waals surface area contributed by atoms with Gasteiger partial charge in [0.05, 0.1) is 5.69 Å². The van der Waals surface area contributed by atoms with Gasteiger partial charge in [0, 0.05) is 23.6 Å². The van der Waals surface area contributed by atoms with Crippen LogP contribution in [0.5, 0.6) is 0 Å². The van der Waals surface area contributed by atoms with Crippen LogP contribution in [0.25, 0.3) is 0 Å². The number of aromatic nitrogens is 1. The molecule has 0 aliphatic heterocycles. The number of hydrogen-bond donors (Lipinski definition) is 1. The van der Waals surface area contributed by atoms with Gasteiger partial charge in [-0.2, -0.15) is 0 Å². The molecule has 4 nitrogen and oxygen atoms in total. The Morgan fingerprint density at radius 3 is 2.11 bits per heavy atom. The molecule has 0 aliphatic rings. The van der Waals surface area contributed by atoms with Gasteiger partial charge in [0.2, 0.25) is 10.9 Å². The van der Waals surface area contributed by atoms with Crippen molar-refractivity contribution in [3.05, 3.63) is 50.5 Å². The van der Waals surface area contributed by atoms with Gasteiger partial charge in [-0.15, -0.1) is 0 Å². The Bertz CT molecular complexity index is 582. The summed E-state index contributed by atoms with van der Waals surface area (Å²) in [6, 6.07) is 3.46. The predicted octanol–water partition coefficient (Wildman–Crippen LogP) is 2.78. The van der Waals surface area contributed by atoms with Crippen LogP contribution >= 0.6 is 0 Å². The zero-order chi connectivity index (χ0) is 14.4. The fourth-order valence-electron chi connectivity index (χ4n) is 1.24. The van der Waals surface area contributed by atoms with Crippen molar-refractivity contribution in [3.8, 4) is 0 Å². The van der Waals surface area contributed by atoms with Gasteiger partial charge < -0.3 is 5.32 Å². The van der Waals surface area contributed by atoms with Crippen LogP contribution in [0, 0.1) is 12.8 Å². The maximum atomic E-state index is 11.1. The number of nitrogens with zero attached hydrogens (tertiary/aromatic N) is 1. The van der Waals surface area contributed by atoms with Crippen molar-refractivity contribution in [1.29, 1.82) is 0 Å². The number of nitrogens with one attached hydrogen (secondary N) is 1. The fraction of sp³-hybridized carbons (Fsp3) is 0.400. The Balaban J connectivity index is 0.000000312. The van der Waals surface area contributed by atoms with Gasteiger partial charge >= 0.3 is 0 Å². The molecule has 1 N–H and O–H groups in total. The zero-order valence-electron chi connectivity index (χ0n) is 11.9. The van der Waals surface area contributed by atoms with Crippen molar-refractivity contribution in [1.82, 2.24) is 4.98 Å². The minimum absolute atomic E-state index is 0.390. The van der Waals surface area contributed by atoms with E-state index in [9.17, 15) is 9.59 Å². The normalized spacial score (nSPS) is 10.2. The Morgan fingerprint density at radius 2 is 1.68 bits per heavy atom. The first-order valence-corrected chi connectivity index (χ1v) is 6.44. The van der Waals surface area contributed by atoms with E-state index in [1.807, 2.05) is 0 Å². The number of anilines is 2. The van der Waals surface area contributed by atoms with E-state index >= 15 is 0 Å². The van der Waals surface area contributed by atoms with Crippen LogP contribution in [-0.4, -0.2) is 4.98 Å². The van der Waals surface area contributed by atoms with Crippen molar-refractivity contribution in [2.45, 2.75) is 34.1 Å². The van der Waals surface area contributed by atoms with Crippen LogP contribution in [-0.2, 0) is 0 Å². The van der Waals surface area contributed by atoms with Gasteiger partial charge in [-0.3, -0.25) is 14.6 Å². The summed E-state index contributed by atoms with van der Waals surface area (Å²) < 4.78 is 0. The molecule has 0 amide bonds. The molecule has 0 saturated carbocycles. The van der Waals surface area contributed by atoms with Gasteiger partial charge in [0.1, 0.15) is 0 Å². The molecule has 19 heavy (non-hydrogen) atoms. The van der Waals surface area contributed by atoms with Gasteiger partial charge in [-0.05, 0) is 25.0 Å². The molecule has 1 heterocycles. The molecule has 0 bridgehead atoms. The summed E-state index contributed by atoms with van der Waals surface area (Å²) >= 11 is 0. The summed E-state index contributed by atoms with van der Waals surface area (Å²) in [6.07, 6.45) is 4.53. The number of hydrogen-bond acceptors (Lipinski definition) is 4. The molecule has 0 atom stereocenters. The zero-order valence-corrected chi connectivity index (χ0v) is 11.9. The Morgan fingerprint density at radius 1 is 1.16 bits per heavy atom. The van der Waals surface area contributed by atoms with Crippen LogP contribution in [0.4, 0.5) is 11.4 Å². The highest BCUT2D eigenvalue weighted by Crippen LogP contribution is 2.14. The van der Waals surface area contributed by atoms with Crippen molar-refractivity contribution in [3.63, 3.8) is 0 Å². The summed E-state index contributed by atoms with van der Waals surface area (Å²) in [6.45, 7) is 8.28. The second kappa shape index (κ2) is 6.83. The van der Waals surface area contributed by atoms with Crippen LogP contribution in [0.1, 0.15) is 32.8 Å². The molecule has 0 unspecified atom stereocenters. The van der Waals surface area contributed by atoms with Crippen molar-refractivity contribution in [2.24, 2.45) is 5.92 Å². The summed E-state index contributed by atoms with van der Waals surface area (Å²) in [4.78, 5) is 25.8. The van der Waals surface area contributed by atoms with E-state index in [1.165, 1.54) is 6.42 Å². The second-order valence-electron chi connectivity index (χ2n) is 4.82. The van der Waals surface area contributed by atoms with Gasteiger partial charge in [-0.1, -0.05) is 27.2 Å². The van der Waals surface area contributed by atoms with Crippen molar-refractivity contribution in [2.75, 3.05) is 5.32 Å². The molecule has 0 saturated heterocycles. The van der Waals surface area contributed by atoms with E-state index in [-0.39, 0.29) is 0 Å². The number of pyridine rings is 1. The van der Waals surface area contributed by atoms with Gasteiger partial charge in [0.25, 0.3) is 0 Å². The molecule has 0 fully saturated rings. The van der Waals surface area contributed by atoms with E-state index in [2.05, 4.69) is 31.1 Å². The molecule has 0 radical (unpaired) electrons. The minimum atomic E-state index is -0.445. The smallest absolute Gasteiger partial charge is 0.249 e. The van der Waals surface area contributed by atoms with E-state index in [1.54, 1.807) is 31.5 Å². The number of rotatable bonds is 3. The predicted molar refractivity (Wildman–Crippen MR) is 78.7 cm³/mol. The third-order valence-electron chi connectivity index (χ3n) is 2.92. The molecular weight excluding hydrogens is 240 g/mol. The third kappa shape index (κ3) is 4.02. The molecule has 2 aromatic rings. The Labute approximate surface area is 113 Å². The fourth-order valence-corrected chi connectivity index (χ4v) is 1.24. The van der Waals surface area contributed by atoms with E-state index in [0.29, 0.717) is 11.3 Å². The van der Waals surface area contributed by atoms with Crippen LogP contribution in [0.15, 0.2) is 34.1 Å². The van der Waals surface area contributed by atoms with E-state index in [4.69, 9.17) is 0 Å². The van der Waals surface area contributed by atoms with Crippen molar-refractivity contribution >= 4 is 11.4 Å². The summed E-state index contributed by atoms with van der Waals surface area (Å²) in [5, 5.41) is 2.88. The Hall–Kier alpha value is -1.97. The standard InChI is InChI=1S/C10H8N2O2.C5H12/c1-6-8(10(14)9(6)13)12-7-2-4-11-5-3-7;1-4-5(2)3/h2-5H,1H3,(H,11,12);5H,4H2,1-3H3. The lowest BCUT2D eigenvalue weighted by Gasteiger charge is -2.09. The first-order valence-electron chi connectivity index (χ1n) is 6.44. The first kappa shape index (κ1) is 15.1. The quantitative estimate of drug-likeness (QED) is 0.862. The molecule has 2 rings (SSSR count). The molecule has 1 aromatic carbocycles. The molecule has 102 valence electrons. The lowest BCUT2D eigenvalue weighted by molar-refractivity contribution is 0.626. The highest BCUT2D eigenvalue weighted by molar-refractivity contribution is 5.65. The Kier molecular flexibility index (Phi) is 5.42. The lowest BCUT2D eigenvalue weighted by atomic mass is 10.1. The second-order valence-corrected chi connectivity index (χ2v) is 4.82. The highest BCUT2D eigenvalue weighted by Gasteiger charge is 2.16. The summed E-state index contributed by atoms with van der Waals surface area (Å²) in [5.74, 6) is 0.884. The molecule has 0 spiro atoms. The maximum absolute atomic E-state index is 11.1. The maximum Gasteiger partial charge on any atom is 0.249 e. The monoisotopic (exact) mass is 260 g/mol. The minimum Gasteiger partial charge on any atom is -0.352 e. The largest absolute Gasteiger partial charge is 0.352 e. The van der Waals surface area contributed by atoms with Gasteiger partial charge in [0.15, 0.2) is 0 Å². The van der Waals surface area contributed by atoms with Crippen LogP contribution in [0.3, 0.4) is 0 Å². The topological polar surface area (TPSA) is 59.1 Å². The van der Waals surface area contributed by atoms with E-state index < -0.39 is 10.9 Å². The van der Waals surface area contributed by atoms with E-state index in [0.717, 1.165) is 11.6 Å². The van der Waals surface area contributed by atoms with Crippen molar-refractivity contribution < 1.29 is 0 Å². The average molecular weight is 260 g/mol. The van der Waals surface area contributed by atoms with Crippen LogP contribution < -0.4 is 16.2 Å². The molecule has 1 aromatic heterocycles. The SMILES string of the molecule is CCC(C)C.Cc1c(Nc2ccncc2)c(=O)c1=O. The summed E-state index contributed by atoms with van der Waals surface area (Å²) in [5.41, 5.74) is 0.795. The van der Waals surface area contributed by atoms with Gasteiger partial charge in [-0.25, -0.2) is 0 Å². The summed E-state index contributed by atoms with van der Waals surface area (Å²) in [7, 11) is 0. The third-order valence-corrected chi connectivity index (χ3v) is 2.92.